The Morgan fingerprint density at radius 3 is 2.20 bits per heavy atom. The fourth-order valence-electron chi connectivity index (χ4n) is 2.40. The number of ether oxygens (including phenoxy) is 1. The highest BCUT2D eigenvalue weighted by molar-refractivity contribution is 7.89. The van der Waals surface area contributed by atoms with Gasteiger partial charge < -0.3 is 4.74 Å². The third kappa shape index (κ3) is 6.19. The monoisotopic (exact) mass is 436 g/mol. The van der Waals surface area contributed by atoms with Gasteiger partial charge in [0.25, 0.3) is 11.8 Å². The van der Waals surface area contributed by atoms with Crippen molar-refractivity contribution in [2.75, 3.05) is 6.61 Å². The minimum Gasteiger partial charge on any atom is -0.454 e. The number of hydrogen-bond acceptors (Lipinski definition) is 6. The predicted molar refractivity (Wildman–Crippen MR) is 105 cm³/mol. The fraction of sp³-hybridized carbons (Fsp3) is 0.250. The molecule has 160 valence electrons. The summed E-state index contributed by atoms with van der Waals surface area (Å²) in [7, 11) is -4.35. The van der Waals surface area contributed by atoms with Crippen molar-refractivity contribution in [2.45, 2.75) is 24.8 Å². The number of rotatable bonds is 8. The molecule has 2 aromatic carbocycles. The molecule has 0 heterocycles. The summed E-state index contributed by atoms with van der Waals surface area (Å²) in [5, 5.41) is 2.06. The number of amides is 2. The number of hydrogen-bond donors (Lipinski definition) is 2. The molecule has 0 bridgehead atoms. The van der Waals surface area contributed by atoms with E-state index < -0.39 is 57.1 Å². The number of esters is 1. The maximum absolute atomic E-state index is 13.8. The van der Waals surface area contributed by atoms with Crippen LogP contribution in [0.15, 0.2) is 59.5 Å². The molecule has 0 aromatic heterocycles. The number of nitrogens with one attached hydrogen (secondary N) is 2. The zero-order valence-corrected chi connectivity index (χ0v) is 17.1. The van der Waals surface area contributed by atoms with Gasteiger partial charge in [0, 0.05) is 5.56 Å². The van der Waals surface area contributed by atoms with Gasteiger partial charge >= 0.3 is 5.97 Å². The molecule has 0 aliphatic rings. The quantitative estimate of drug-likeness (QED) is 0.607. The molecule has 0 spiro atoms. The van der Waals surface area contributed by atoms with Crippen LogP contribution in [-0.4, -0.2) is 38.9 Å². The number of halogens is 1. The lowest BCUT2D eigenvalue weighted by molar-refractivity contribution is -0.150. The van der Waals surface area contributed by atoms with Crippen LogP contribution in [0.3, 0.4) is 0 Å². The van der Waals surface area contributed by atoms with Gasteiger partial charge in [-0.2, -0.15) is 4.72 Å². The van der Waals surface area contributed by atoms with Crippen molar-refractivity contribution in [1.29, 1.82) is 0 Å². The van der Waals surface area contributed by atoms with Crippen LogP contribution >= 0.6 is 0 Å². The Hall–Kier alpha value is -3.11. The van der Waals surface area contributed by atoms with Gasteiger partial charge in [0.15, 0.2) is 6.61 Å². The van der Waals surface area contributed by atoms with Gasteiger partial charge in [-0.15, -0.1) is 0 Å². The first-order valence-electron chi connectivity index (χ1n) is 8.94. The summed E-state index contributed by atoms with van der Waals surface area (Å²) in [6, 6.07) is 11.3. The average Bonchev–Trinajstić information content (AvgIpc) is 2.71. The van der Waals surface area contributed by atoms with Crippen molar-refractivity contribution in [1.82, 2.24) is 10.0 Å². The molecule has 0 saturated heterocycles. The molecule has 0 unspecified atom stereocenters. The number of carbonyl (C=O) groups is 3. The summed E-state index contributed by atoms with van der Waals surface area (Å²) in [5.74, 6) is -4.12. The summed E-state index contributed by atoms with van der Waals surface area (Å²) >= 11 is 0. The van der Waals surface area contributed by atoms with Gasteiger partial charge in [0.2, 0.25) is 10.0 Å². The van der Waals surface area contributed by atoms with Crippen molar-refractivity contribution in [2.24, 2.45) is 5.92 Å². The van der Waals surface area contributed by atoms with Crippen molar-refractivity contribution >= 4 is 27.8 Å². The van der Waals surface area contributed by atoms with E-state index in [1.807, 2.05) is 0 Å². The van der Waals surface area contributed by atoms with Crippen LogP contribution in [0.2, 0.25) is 0 Å². The zero-order chi connectivity index (χ0) is 22.3. The lowest BCUT2D eigenvalue weighted by Gasteiger charge is -2.20. The average molecular weight is 436 g/mol. The third-order valence-electron chi connectivity index (χ3n) is 3.96. The molecule has 0 saturated carbocycles. The fourth-order valence-corrected chi connectivity index (χ4v) is 3.81. The molecule has 2 aromatic rings. The molecule has 0 aliphatic heterocycles. The Bertz CT molecular complexity index is 1020. The minimum absolute atomic E-state index is 0.245. The molecule has 8 nitrogen and oxygen atoms in total. The first kappa shape index (κ1) is 23.2. The van der Waals surface area contributed by atoms with Gasteiger partial charge in [0.05, 0.1) is 0 Å². The van der Waals surface area contributed by atoms with Crippen LogP contribution < -0.4 is 10.0 Å². The molecule has 0 radical (unpaired) electrons. The highest BCUT2D eigenvalue weighted by Crippen LogP contribution is 2.16. The topological polar surface area (TPSA) is 119 Å². The second-order valence-electron chi connectivity index (χ2n) is 6.62. The minimum atomic E-state index is -4.35. The van der Waals surface area contributed by atoms with E-state index in [0.717, 1.165) is 12.1 Å². The van der Waals surface area contributed by atoms with E-state index in [-0.39, 0.29) is 5.56 Å². The van der Waals surface area contributed by atoms with Gasteiger partial charge in [0.1, 0.15) is 16.8 Å². The molecule has 1 atom stereocenters. The van der Waals surface area contributed by atoms with E-state index in [9.17, 15) is 27.2 Å². The van der Waals surface area contributed by atoms with Crippen LogP contribution in [0.4, 0.5) is 4.39 Å². The normalized spacial score (nSPS) is 12.3. The molecular formula is C20H21FN2O6S. The Morgan fingerprint density at radius 2 is 1.60 bits per heavy atom. The van der Waals surface area contributed by atoms with E-state index in [1.54, 1.807) is 32.0 Å². The SMILES string of the molecule is CC(C)[C@H](NS(=O)(=O)c1ccccc1F)C(=O)OCC(=O)NC(=O)c1ccccc1. The second kappa shape index (κ2) is 10.1. The van der Waals surface area contributed by atoms with Crippen LogP contribution in [-0.2, 0) is 24.3 Å². The number of benzene rings is 2. The number of sulfonamides is 1. The Kier molecular flexibility index (Phi) is 7.79. The first-order chi connectivity index (χ1) is 14.1. The van der Waals surface area contributed by atoms with Gasteiger partial charge in [-0.1, -0.05) is 44.2 Å². The molecule has 0 fully saturated rings. The smallest absolute Gasteiger partial charge is 0.324 e. The molecule has 10 heteroatoms. The molecule has 30 heavy (non-hydrogen) atoms. The van der Waals surface area contributed by atoms with E-state index in [1.165, 1.54) is 24.3 Å². The summed E-state index contributed by atoms with van der Waals surface area (Å²) in [6.45, 7) is 2.31. The maximum Gasteiger partial charge on any atom is 0.324 e. The highest BCUT2D eigenvalue weighted by atomic mass is 32.2. The van der Waals surface area contributed by atoms with Crippen molar-refractivity contribution in [3.63, 3.8) is 0 Å². The van der Waals surface area contributed by atoms with E-state index >= 15 is 0 Å². The van der Waals surface area contributed by atoms with Crippen molar-refractivity contribution in [3.8, 4) is 0 Å². The second-order valence-corrected chi connectivity index (χ2v) is 8.31. The Morgan fingerprint density at radius 1 is 1.00 bits per heavy atom. The number of carbonyl (C=O) groups excluding carboxylic acids is 3. The van der Waals surface area contributed by atoms with Gasteiger partial charge in [-0.05, 0) is 30.2 Å². The first-order valence-corrected chi connectivity index (χ1v) is 10.4. The number of imide groups is 1. The van der Waals surface area contributed by atoms with Gasteiger partial charge in [-0.25, -0.2) is 12.8 Å². The predicted octanol–water partition coefficient (Wildman–Crippen LogP) is 1.63. The van der Waals surface area contributed by atoms with Crippen molar-refractivity contribution in [3.05, 3.63) is 66.0 Å². The van der Waals surface area contributed by atoms with Crippen LogP contribution in [0.25, 0.3) is 0 Å². The molecular weight excluding hydrogens is 415 g/mol. The zero-order valence-electron chi connectivity index (χ0n) is 16.3. The Labute approximate surface area is 173 Å². The van der Waals surface area contributed by atoms with Crippen molar-refractivity contribution < 1.29 is 31.9 Å². The summed E-state index contributed by atoms with van der Waals surface area (Å²) in [6.07, 6.45) is 0. The maximum atomic E-state index is 13.8. The largest absolute Gasteiger partial charge is 0.454 e. The van der Waals surface area contributed by atoms with Crippen LogP contribution in [0, 0.1) is 11.7 Å². The highest BCUT2D eigenvalue weighted by Gasteiger charge is 2.31. The Balaban J connectivity index is 1.99. The molecule has 2 amide bonds. The third-order valence-corrected chi connectivity index (χ3v) is 5.44. The molecule has 0 aliphatic carbocycles. The lowest BCUT2D eigenvalue weighted by atomic mass is 10.1. The van der Waals surface area contributed by atoms with Crippen LogP contribution in [0.5, 0.6) is 0 Å². The summed E-state index contributed by atoms with van der Waals surface area (Å²) in [5.41, 5.74) is 0.245. The van der Waals surface area contributed by atoms with Gasteiger partial charge in [-0.3, -0.25) is 19.7 Å². The molecule has 2 N–H and O–H groups in total. The van der Waals surface area contributed by atoms with E-state index in [0.29, 0.717) is 0 Å². The van der Waals surface area contributed by atoms with E-state index in [4.69, 9.17) is 4.74 Å². The standard InChI is InChI=1S/C20H21FN2O6S/c1-13(2)18(23-30(27,28)16-11-7-6-10-15(16)21)20(26)29-12-17(24)22-19(25)14-8-4-3-5-9-14/h3-11,13,18,23H,12H2,1-2H3,(H,22,24,25)/t18-/m0/s1. The van der Waals surface area contributed by atoms with E-state index in [2.05, 4.69) is 10.0 Å². The summed E-state index contributed by atoms with van der Waals surface area (Å²) in [4.78, 5) is 35.5. The lowest BCUT2D eigenvalue weighted by Crippen LogP contribution is -2.46. The summed E-state index contributed by atoms with van der Waals surface area (Å²) < 4.78 is 45.6. The van der Waals surface area contributed by atoms with Crippen LogP contribution in [0.1, 0.15) is 24.2 Å². The molecule has 2 rings (SSSR count).